The smallest absolute Gasteiger partial charge is 0.226 e. The third-order valence-corrected chi connectivity index (χ3v) is 6.85. The van der Waals surface area contributed by atoms with Crippen LogP contribution in [0.2, 0.25) is 0 Å². The van der Waals surface area contributed by atoms with Gasteiger partial charge in [-0.05, 0) is 37.0 Å². The minimum atomic E-state index is -0.142. The molecule has 136 valence electrons. The Balaban J connectivity index is 1.42. The molecule has 3 aliphatic carbocycles. The molecule has 3 fully saturated rings. The molecular formula is C20H34N2O2. The summed E-state index contributed by atoms with van der Waals surface area (Å²) in [5.41, 5.74) is -0.142. The Labute approximate surface area is 146 Å². The first-order valence-corrected chi connectivity index (χ1v) is 10.1. The van der Waals surface area contributed by atoms with E-state index < -0.39 is 0 Å². The van der Waals surface area contributed by atoms with Crippen LogP contribution in [0, 0.1) is 23.2 Å². The van der Waals surface area contributed by atoms with Gasteiger partial charge in [0.15, 0.2) is 0 Å². The van der Waals surface area contributed by atoms with Crippen LogP contribution in [0.3, 0.4) is 0 Å². The lowest BCUT2D eigenvalue weighted by Gasteiger charge is -2.42. The molecule has 3 aliphatic rings. The predicted octanol–water partition coefficient (Wildman–Crippen LogP) is 3.40. The zero-order chi connectivity index (χ0) is 17.2. The van der Waals surface area contributed by atoms with Crippen molar-refractivity contribution in [1.29, 1.82) is 0 Å². The van der Waals surface area contributed by atoms with Gasteiger partial charge in [-0.25, -0.2) is 0 Å². The summed E-state index contributed by atoms with van der Waals surface area (Å²) in [6, 6.07) is 0.0599. The van der Waals surface area contributed by atoms with Crippen molar-refractivity contribution >= 4 is 11.8 Å². The fourth-order valence-electron chi connectivity index (χ4n) is 4.05. The third kappa shape index (κ3) is 4.12. The predicted molar refractivity (Wildman–Crippen MR) is 95.4 cm³/mol. The molecule has 24 heavy (non-hydrogen) atoms. The maximum Gasteiger partial charge on any atom is 0.226 e. The van der Waals surface area contributed by atoms with Crippen molar-refractivity contribution in [3.05, 3.63) is 0 Å². The van der Waals surface area contributed by atoms with Crippen LogP contribution in [-0.2, 0) is 9.59 Å². The van der Waals surface area contributed by atoms with Crippen LogP contribution in [0.5, 0.6) is 0 Å². The minimum absolute atomic E-state index is 0.0599. The average Bonchev–Trinajstić information content (AvgIpc) is 3.18. The lowest BCUT2D eigenvalue weighted by molar-refractivity contribution is -0.127. The Morgan fingerprint density at radius 3 is 2.08 bits per heavy atom. The number of carbonyl (C=O) groups is 2. The molecule has 2 amide bonds. The van der Waals surface area contributed by atoms with E-state index in [1.807, 2.05) is 6.92 Å². The van der Waals surface area contributed by atoms with Crippen molar-refractivity contribution in [3.63, 3.8) is 0 Å². The van der Waals surface area contributed by atoms with Gasteiger partial charge in [0.1, 0.15) is 0 Å². The van der Waals surface area contributed by atoms with E-state index in [1.54, 1.807) is 0 Å². The summed E-state index contributed by atoms with van der Waals surface area (Å²) in [5, 5.41) is 6.21. The summed E-state index contributed by atoms with van der Waals surface area (Å²) in [7, 11) is 0. The molecule has 0 heterocycles. The van der Waals surface area contributed by atoms with Crippen LogP contribution in [0.25, 0.3) is 0 Å². The molecule has 0 aromatic rings. The van der Waals surface area contributed by atoms with Crippen molar-refractivity contribution in [1.82, 2.24) is 10.6 Å². The summed E-state index contributed by atoms with van der Waals surface area (Å²) < 4.78 is 0. The molecule has 0 saturated heterocycles. The number of hydrogen-bond acceptors (Lipinski definition) is 2. The molecule has 0 aromatic heterocycles. The van der Waals surface area contributed by atoms with Gasteiger partial charge in [0.05, 0.1) is 0 Å². The molecule has 2 N–H and O–H groups in total. The normalized spacial score (nSPS) is 24.0. The van der Waals surface area contributed by atoms with E-state index >= 15 is 0 Å². The van der Waals surface area contributed by atoms with E-state index in [9.17, 15) is 9.59 Å². The van der Waals surface area contributed by atoms with Gasteiger partial charge >= 0.3 is 0 Å². The highest BCUT2D eigenvalue weighted by Gasteiger charge is 2.45. The molecule has 1 unspecified atom stereocenters. The summed E-state index contributed by atoms with van der Waals surface area (Å²) >= 11 is 0. The van der Waals surface area contributed by atoms with Gasteiger partial charge in [0, 0.05) is 24.4 Å². The topological polar surface area (TPSA) is 58.2 Å². The van der Waals surface area contributed by atoms with Crippen molar-refractivity contribution in [2.24, 2.45) is 23.2 Å². The van der Waals surface area contributed by atoms with Gasteiger partial charge in [-0.3, -0.25) is 9.59 Å². The molecule has 4 nitrogen and oxygen atoms in total. The fourth-order valence-corrected chi connectivity index (χ4v) is 4.05. The standard InChI is InChI=1S/C20H34N2O2/c1-3-16(22-19(24)20(2)10-11-20)13-21-18(23)12-17(14-6-4-7-14)15-8-5-9-15/h14-17H,3-13H2,1-2H3,(H,21,23)(H,22,24). The van der Waals surface area contributed by atoms with Crippen LogP contribution in [0.15, 0.2) is 0 Å². The number of amides is 2. The Morgan fingerprint density at radius 2 is 1.67 bits per heavy atom. The highest BCUT2D eigenvalue weighted by Crippen LogP contribution is 2.46. The second-order valence-corrected chi connectivity index (χ2v) is 8.69. The Bertz CT molecular complexity index is 450. The fraction of sp³-hybridized carbons (Fsp3) is 0.900. The van der Waals surface area contributed by atoms with Crippen LogP contribution in [-0.4, -0.2) is 24.4 Å². The van der Waals surface area contributed by atoms with Gasteiger partial charge in [0.2, 0.25) is 11.8 Å². The first kappa shape index (κ1) is 17.8. The van der Waals surface area contributed by atoms with E-state index in [2.05, 4.69) is 17.6 Å². The highest BCUT2D eigenvalue weighted by molar-refractivity contribution is 5.85. The van der Waals surface area contributed by atoms with Gasteiger partial charge in [-0.1, -0.05) is 52.4 Å². The lowest BCUT2D eigenvalue weighted by Crippen LogP contribution is -2.46. The van der Waals surface area contributed by atoms with E-state index in [0.29, 0.717) is 18.9 Å². The lowest BCUT2D eigenvalue weighted by atomic mass is 9.63. The number of nitrogens with one attached hydrogen (secondary N) is 2. The van der Waals surface area contributed by atoms with Crippen LogP contribution in [0.1, 0.15) is 78.1 Å². The first-order valence-electron chi connectivity index (χ1n) is 10.1. The largest absolute Gasteiger partial charge is 0.354 e. The molecule has 1 atom stereocenters. The molecule has 0 aliphatic heterocycles. The second-order valence-electron chi connectivity index (χ2n) is 8.69. The number of rotatable bonds is 9. The van der Waals surface area contributed by atoms with Crippen LogP contribution in [0.4, 0.5) is 0 Å². The quantitative estimate of drug-likeness (QED) is 0.679. The maximum absolute atomic E-state index is 12.4. The number of hydrogen-bond donors (Lipinski definition) is 2. The van der Waals surface area contributed by atoms with Gasteiger partial charge in [0.25, 0.3) is 0 Å². The molecule has 0 bridgehead atoms. The summed E-state index contributed by atoms with van der Waals surface area (Å²) in [4.78, 5) is 24.6. The summed E-state index contributed by atoms with van der Waals surface area (Å²) in [6.07, 6.45) is 11.5. The van der Waals surface area contributed by atoms with E-state index in [-0.39, 0.29) is 23.3 Å². The van der Waals surface area contributed by atoms with Crippen molar-refractivity contribution in [3.8, 4) is 0 Å². The van der Waals surface area contributed by atoms with Crippen molar-refractivity contribution in [2.75, 3.05) is 6.54 Å². The van der Waals surface area contributed by atoms with Crippen molar-refractivity contribution < 1.29 is 9.59 Å². The summed E-state index contributed by atoms with van der Waals surface area (Å²) in [5.74, 6) is 2.53. The Morgan fingerprint density at radius 1 is 1.08 bits per heavy atom. The zero-order valence-electron chi connectivity index (χ0n) is 15.4. The maximum atomic E-state index is 12.4. The Kier molecular flexibility index (Phi) is 5.51. The molecular weight excluding hydrogens is 300 g/mol. The van der Waals surface area contributed by atoms with Crippen LogP contribution >= 0.6 is 0 Å². The molecule has 0 spiro atoms. The third-order valence-electron chi connectivity index (χ3n) is 6.85. The van der Waals surface area contributed by atoms with E-state index in [1.165, 1.54) is 38.5 Å². The second kappa shape index (κ2) is 7.45. The average molecular weight is 335 g/mol. The number of carbonyl (C=O) groups excluding carboxylic acids is 2. The van der Waals surface area contributed by atoms with E-state index in [4.69, 9.17) is 0 Å². The summed E-state index contributed by atoms with van der Waals surface area (Å²) in [6.45, 7) is 4.66. The monoisotopic (exact) mass is 334 g/mol. The first-order chi connectivity index (χ1) is 11.5. The SMILES string of the molecule is CCC(CNC(=O)CC(C1CCC1)C1CCC1)NC(=O)C1(C)CC1. The minimum Gasteiger partial charge on any atom is -0.354 e. The zero-order valence-corrected chi connectivity index (χ0v) is 15.4. The van der Waals surface area contributed by atoms with E-state index in [0.717, 1.165) is 31.1 Å². The molecule has 3 rings (SSSR count). The molecule has 0 aromatic carbocycles. The van der Waals surface area contributed by atoms with Crippen molar-refractivity contribution in [2.45, 2.75) is 84.1 Å². The Hall–Kier alpha value is -1.06. The molecule has 4 heteroatoms. The molecule has 0 radical (unpaired) electrons. The highest BCUT2D eigenvalue weighted by atomic mass is 16.2. The van der Waals surface area contributed by atoms with Gasteiger partial charge in [-0.15, -0.1) is 0 Å². The van der Waals surface area contributed by atoms with Gasteiger partial charge in [-0.2, -0.15) is 0 Å². The van der Waals surface area contributed by atoms with Crippen LogP contribution < -0.4 is 10.6 Å². The molecule has 3 saturated carbocycles. The van der Waals surface area contributed by atoms with Gasteiger partial charge < -0.3 is 10.6 Å².